The van der Waals surface area contributed by atoms with Gasteiger partial charge in [0.2, 0.25) is 0 Å². The molecule has 0 saturated heterocycles. The second-order valence-electron chi connectivity index (χ2n) is 4.68. The zero-order valence-corrected chi connectivity index (χ0v) is 10.9. The lowest BCUT2D eigenvalue weighted by atomic mass is 10.1. The predicted octanol–water partition coefficient (Wildman–Crippen LogP) is 4.54. The molecule has 0 amide bonds. The number of alkyl halides is 3. The van der Waals surface area contributed by atoms with Crippen molar-refractivity contribution < 1.29 is 13.2 Å². The quantitative estimate of drug-likeness (QED) is 0.630. The van der Waals surface area contributed by atoms with Crippen molar-refractivity contribution in [3.05, 3.63) is 28.8 Å². The molecule has 104 valence electrons. The van der Waals surface area contributed by atoms with Crippen molar-refractivity contribution in [1.29, 1.82) is 0 Å². The van der Waals surface area contributed by atoms with Crippen LogP contribution in [0.2, 0.25) is 5.02 Å². The Balaban J connectivity index is 2.30. The standard InChI is InChI=1S/C13H14ClF3N2/c14-10-6-5-9(13(15,16)17)7-11(10)19-12(18)8-3-1-2-4-8/h5-8H,1-4H2,(H2,18,19). The Kier molecular flexibility index (Phi) is 4.04. The summed E-state index contributed by atoms with van der Waals surface area (Å²) >= 11 is 5.87. The number of nitrogens with two attached hydrogens (primary N) is 1. The number of benzene rings is 1. The first kappa shape index (κ1) is 14.2. The number of nitrogens with zero attached hydrogens (tertiary/aromatic N) is 1. The summed E-state index contributed by atoms with van der Waals surface area (Å²) in [5.41, 5.74) is 5.16. The molecular formula is C13H14ClF3N2. The second kappa shape index (κ2) is 5.41. The topological polar surface area (TPSA) is 38.4 Å². The molecule has 0 aliphatic heterocycles. The molecule has 1 saturated carbocycles. The molecule has 0 atom stereocenters. The molecule has 0 bridgehead atoms. The van der Waals surface area contributed by atoms with Crippen LogP contribution in [0.15, 0.2) is 23.2 Å². The number of hydrogen-bond acceptors (Lipinski definition) is 1. The van der Waals surface area contributed by atoms with Gasteiger partial charge in [0.25, 0.3) is 0 Å². The molecule has 0 unspecified atom stereocenters. The maximum Gasteiger partial charge on any atom is 0.416 e. The van der Waals surface area contributed by atoms with E-state index in [1.54, 1.807) is 0 Å². The van der Waals surface area contributed by atoms with Gasteiger partial charge < -0.3 is 5.73 Å². The van der Waals surface area contributed by atoms with Crippen LogP contribution in [0.1, 0.15) is 31.2 Å². The number of amidine groups is 1. The minimum atomic E-state index is -4.41. The molecule has 1 aliphatic rings. The van der Waals surface area contributed by atoms with E-state index >= 15 is 0 Å². The van der Waals surface area contributed by atoms with E-state index in [1.165, 1.54) is 6.07 Å². The van der Waals surface area contributed by atoms with Crippen LogP contribution in [0.3, 0.4) is 0 Å². The lowest BCUT2D eigenvalue weighted by Gasteiger charge is -2.11. The van der Waals surface area contributed by atoms with E-state index in [-0.39, 0.29) is 16.6 Å². The average Bonchev–Trinajstić information content (AvgIpc) is 2.84. The fourth-order valence-electron chi connectivity index (χ4n) is 2.23. The first-order valence-electron chi connectivity index (χ1n) is 6.09. The van der Waals surface area contributed by atoms with Gasteiger partial charge in [0.1, 0.15) is 5.84 Å². The van der Waals surface area contributed by atoms with Crippen molar-refractivity contribution in [2.24, 2.45) is 16.6 Å². The molecule has 1 aliphatic carbocycles. The lowest BCUT2D eigenvalue weighted by Crippen LogP contribution is -2.20. The van der Waals surface area contributed by atoms with E-state index in [2.05, 4.69) is 4.99 Å². The highest BCUT2D eigenvalue weighted by molar-refractivity contribution is 6.33. The van der Waals surface area contributed by atoms with Crippen molar-refractivity contribution in [1.82, 2.24) is 0 Å². The van der Waals surface area contributed by atoms with Crippen LogP contribution in [0.25, 0.3) is 0 Å². The van der Waals surface area contributed by atoms with E-state index in [0.717, 1.165) is 37.8 Å². The molecule has 0 aromatic heterocycles. The monoisotopic (exact) mass is 290 g/mol. The SMILES string of the molecule is NC(=Nc1cc(C(F)(F)F)ccc1Cl)C1CCCC1. The van der Waals surface area contributed by atoms with Gasteiger partial charge in [0.05, 0.1) is 16.3 Å². The minimum Gasteiger partial charge on any atom is -0.387 e. The Bertz CT molecular complexity index is 491. The Morgan fingerprint density at radius 2 is 1.89 bits per heavy atom. The van der Waals surface area contributed by atoms with Gasteiger partial charge in [0, 0.05) is 5.92 Å². The van der Waals surface area contributed by atoms with Crippen molar-refractivity contribution in [3.8, 4) is 0 Å². The summed E-state index contributed by atoms with van der Waals surface area (Å²) in [4.78, 5) is 4.08. The van der Waals surface area contributed by atoms with Gasteiger partial charge in [-0.3, -0.25) is 0 Å². The van der Waals surface area contributed by atoms with Crippen molar-refractivity contribution in [2.45, 2.75) is 31.9 Å². The average molecular weight is 291 g/mol. The Morgan fingerprint density at radius 3 is 2.47 bits per heavy atom. The van der Waals surface area contributed by atoms with Gasteiger partial charge in [-0.25, -0.2) is 4.99 Å². The first-order valence-corrected chi connectivity index (χ1v) is 6.46. The van der Waals surface area contributed by atoms with Crippen LogP contribution < -0.4 is 5.73 Å². The number of hydrogen-bond donors (Lipinski definition) is 1. The lowest BCUT2D eigenvalue weighted by molar-refractivity contribution is -0.137. The van der Waals surface area contributed by atoms with Gasteiger partial charge in [-0.15, -0.1) is 0 Å². The zero-order chi connectivity index (χ0) is 14.0. The summed E-state index contributed by atoms with van der Waals surface area (Å²) in [6.07, 6.45) is -0.372. The molecule has 1 aromatic rings. The summed E-state index contributed by atoms with van der Waals surface area (Å²) in [6.45, 7) is 0. The summed E-state index contributed by atoms with van der Waals surface area (Å²) in [7, 11) is 0. The highest BCUT2D eigenvalue weighted by atomic mass is 35.5. The molecule has 19 heavy (non-hydrogen) atoms. The zero-order valence-electron chi connectivity index (χ0n) is 10.2. The third-order valence-corrected chi connectivity index (χ3v) is 3.62. The van der Waals surface area contributed by atoms with Gasteiger partial charge in [0.15, 0.2) is 0 Å². The normalized spacial score (nSPS) is 18.0. The molecule has 1 fully saturated rings. The maximum atomic E-state index is 12.6. The van der Waals surface area contributed by atoms with Gasteiger partial charge in [-0.05, 0) is 31.0 Å². The van der Waals surface area contributed by atoms with Crippen LogP contribution in [0, 0.1) is 5.92 Å². The Morgan fingerprint density at radius 1 is 1.26 bits per heavy atom. The molecule has 6 heteroatoms. The summed E-state index contributed by atoms with van der Waals surface area (Å²) in [6, 6.07) is 3.07. The molecule has 0 heterocycles. The Hall–Kier alpha value is -1.23. The molecule has 1 aromatic carbocycles. The van der Waals surface area contributed by atoms with Crippen molar-refractivity contribution in [3.63, 3.8) is 0 Å². The number of aliphatic imine (C=N–C) groups is 1. The molecular weight excluding hydrogens is 277 g/mol. The highest BCUT2D eigenvalue weighted by Gasteiger charge is 2.31. The van der Waals surface area contributed by atoms with E-state index < -0.39 is 11.7 Å². The highest BCUT2D eigenvalue weighted by Crippen LogP contribution is 2.35. The Labute approximate surface area is 114 Å². The van der Waals surface area contributed by atoms with Crippen molar-refractivity contribution >= 4 is 23.1 Å². The minimum absolute atomic E-state index is 0.0842. The molecule has 0 spiro atoms. The largest absolute Gasteiger partial charge is 0.416 e. The third-order valence-electron chi connectivity index (χ3n) is 3.30. The van der Waals surface area contributed by atoms with Crippen LogP contribution in [0.4, 0.5) is 18.9 Å². The molecule has 2 nitrogen and oxygen atoms in total. The number of rotatable bonds is 2. The summed E-state index contributed by atoms with van der Waals surface area (Å²) in [5, 5.41) is 0.175. The predicted molar refractivity (Wildman–Crippen MR) is 69.7 cm³/mol. The van der Waals surface area contributed by atoms with Crippen molar-refractivity contribution in [2.75, 3.05) is 0 Å². The van der Waals surface area contributed by atoms with Crippen LogP contribution >= 0.6 is 11.6 Å². The fraction of sp³-hybridized carbons (Fsp3) is 0.462. The van der Waals surface area contributed by atoms with Gasteiger partial charge in [-0.2, -0.15) is 13.2 Å². The van der Waals surface area contributed by atoms with Crippen LogP contribution in [-0.4, -0.2) is 5.84 Å². The van der Waals surface area contributed by atoms with Gasteiger partial charge in [-0.1, -0.05) is 24.4 Å². The summed E-state index contributed by atoms with van der Waals surface area (Å²) < 4.78 is 37.8. The fourth-order valence-corrected chi connectivity index (χ4v) is 2.39. The molecule has 2 N–H and O–H groups in total. The summed E-state index contributed by atoms with van der Waals surface area (Å²) in [5.74, 6) is 0.532. The smallest absolute Gasteiger partial charge is 0.387 e. The maximum absolute atomic E-state index is 12.6. The van der Waals surface area contributed by atoms with Crippen LogP contribution in [0.5, 0.6) is 0 Å². The van der Waals surface area contributed by atoms with E-state index in [1.807, 2.05) is 0 Å². The third kappa shape index (κ3) is 3.41. The number of halogens is 4. The van der Waals surface area contributed by atoms with E-state index in [9.17, 15) is 13.2 Å². The molecule has 0 radical (unpaired) electrons. The van der Waals surface area contributed by atoms with E-state index in [0.29, 0.717) is 5.84 Å². The molecule has 2 rings (SSSR count). The van der Waals surface area contributed by atoms with E-state index in [4.69, 9.17) is 17.3 Å². The van der Waals surface area contributed by atoms with Gasteiger partial charge >= 0.3 is 6.18 Å². The first-order chi connectivity index (χ1) is 8.88. The second-order valence-corrected chi connectivity index (χ2v) is 5.09. The van der Waals surface area contributed by atoms with Crippen LogP contribution in [-0.2, 0) is 6.18 Å².